The molecule has 0 aromatic heterocycles. The number of nitrogens with two attached hydrogens (primary N) is 2. The minimum atomic E-state index is -0.620. The fourth-order valence-electron chi connectivity index (χ4n) is 1.05. The monoisotopic (exact) mass is 178 g/mol. The Balaban J connectivity index is 3.41. The summed E-state index contributed by atoms with van der Waals surface area (Å²) in [7, 11) is 0. The predicted octanol–water partition coefficient (Wildman–Crippen LogP) is 0.489. The van der Waals surface area contributed by atoms with E-state index in [-0.39, 0.29) is 11.1 Å². The molecule has 0 unspecified atom stereocenters. The molecule has 68 valence electrons. The topological polar surface area (TPSA) is 86.2 Å². The van der Waals surface area contributed by atoms with Gasteiger partial charge in [-0.3, -0.25) is 9.59 Å². The van der Waals surface area contributed by atoms with Crippen molar-refractivity contribution in [1.29, 1.82) is 0 Å². The Morgan fingerprint density at radius 3 is 2.54 bits per heavy atom. The minimum absolute atomic E-state index is 0.210. The van der Waals surface area contributed by atoms with Gasteiger partial charge in [-0.15, -0.1) is 0 Å². The minimum Gasteiger partial charge on any atom is -0.398 e. The van der Waals surface area contributed by atoms with Crippen molar-refractivity contribution < 1.29 is 9.59 Å². The summed E-state index contributed by atoms with van der Waals surface area (Å²) in [6.45, 7) is 1.75. The van der Waals surface area contributed by atoms with Crippen LogP contribution in [-0.2, 0) is 0 Å². The molecule has 1 rings (SSSR count). The van der Waals surface area contributed by atoms with Crippen LogP contribution in [0.5, 0.6) is 0 Å². The molecule has 0 saturated heterocycles. The van der Waals surface area contributed by atoms with Crippen molar-refractivity contribution in [2.45, 2.75) is 6.92 Å². The van der Waals surface area contributed by atoms with Crippen LogP contribution in [0.2, 0.25) is 0 Å². The number of aldehydes is 1. The molecule has 1 amide bonds. The van der Waals surface area contributed by atoms with Crippen LogP contribution in [0.3, 0.4) is 0 Å². The van der Waals surface area contributed by atoms with Crippen LogP contribution in [0.15, 0.2) is 12.1 Å². The average molecular weight is 178 g/mol. The Labute approximate surface area is 75.5 Å². The molecular weight excluding hydrogens is 168 g/mol. The molecule has 1 aromatic carbocycles. The molecule has 4 heteroatoms. The third-order valence-electron chi connectivity index (χ3n) is 1.83. The van der Waals surface area contributed by atoms with E-state index in [1.807, 2.05) is 0 Å². The lowest BCUT2D eigenvalue weighted by Crippen LogP contribution is -2.14. The smallest absolute Gasteiger partial charge is 0.249 e. The van der Waals surface area contributed by atoms with Gasteiger partial charge in [0.25, 0.3) is 0 Å². The van der Waals surface area contributed by atoms with E-state index in [9.17, 15) is 9.59 Å². The van der Waals surface area contributed by atoms with Crippen molar-refractivity contribution in [2.75, 3.05) is 5.73 Å². The van der Waals surface area contributed by atoms with Crippen LogP contribution < -0.4 is 11.5 Å². The lowest BCUT2D eigenvalue weighted by Gasteiger charge is -2.04. The van der Waals surface area contributed by atoms with Gasteiger partial charge in [0.05, 0.1) is 5.56 Å². The summed E-state index contributed by atoms with van der Waals surface area (Å²) in [5, 5.41) is 0. The zero-order valence-corrected chi connectivity index (χ0v) is 7.20. The number of primary amides is 1. The van der Waals surface area contributed by atoms with Gasteiger partial charge in [-0.2, -0.15) is 0 Å². The molecule has 4 N–H and O–H groups in total. The van der Waals surface area contributed by atoms with Crippen LogP contribution >= 0.6 is 0 Å². The maximum absolute atomic E-state index is 10.9. The van der Waals surface area contributed by atoms with Crippen LogP contribution in [0.1, 0.15) is 26.3 Å². The normalized spacial score (nSPS) is 9.62. The fourth-order valence-corrected chi connectivity index (χ4v) is 1.05. The van der Waals surface area contributed by atoms with Crippen molar-refractivity contribution in [1.82, 2.24) is 0 Å². The van der Waals surface area contributed by atoms with Crippen molar-refractivity contribution >= 4 is 17.9 Å². The average Bonchev–Trinajstić information content (AvgIpc) is 2.08. The van der Waals surface area contributed by atoms with Crippen molar-refractivity contribution in [3.63, 3.8) is 0 Å². The molecule has 0 spiro atoms. The van der Waals surface area contributed by atoms with Crippen LogP contribution in [0.25, 0.3) is 0 Å². The van der Waals surface area contributed by atoms with Gasteiger partial charge in [0.15, 0.2) is 6.29 Å². The number of anilines is 1. The summed E-state index contributed by atoms with van der Waals surface area (Å²) >= 11 is 0. The van der Waals surface area contributed by atoms with Crippen LogP contribution in [-0.4, -0.2) is 12.2 Å². The van der Waals surface area contributed by atoms with Crippen LogP contribution in [0, 0.1) is 6.92 Å². The second-order valence-electron chi connectivity index (χ2n) is 2.78. The number of amides is 1. The van der Waals surface area contributed by atoms with Gasteiger partial charge >= 0.3 is 0 Å². The first-order valence-corrected chi connectivity index (χ1v) is 3.71. The number of benzene rings is 1. The number of hydrogen-bond donors (Lipinski definition) is 2. The van der Waals surface area contributed by atoms with Gasteiger partial charge in [0, 0.05) is 11.3 Å². The Morgan fingerprint density at radius 2 is 2.08 bits per heavy atom. The second-order valence-corrected chi connectivity index (χ2v) is 2.78. The van der Waals surface area contributed by atoms with Gasteiger partial charge in [-0.1, -0.05) is 0 Å². The van der Waals surface area contributed by atoms with Gasteiger partial charge in [-0.05, 0) is 24.6 Å². The van der Waals surface area contributed by atoms with Crippen LogP contribution in [0.4, 0.5) is 5.69 Å². The molecule has 0 aliphatic carbocycles. The van der Waals surface area contributed by atoms with E-state index in [0.717, 1.165) is 5.56 Å². The molecule has 0 heterocycles. The first-order chi connectivity index (χ1) is 6.06. The van der Waals surface area contributed by atoms with E-state index in [1.165, 1.54) is 12.1 Å². The molecule has 4 nitrogen and oxygen atoms in total. The summed E-state index contributed by atoms with van der Waals surface area (Å²) in [4.78, 5) is 21.4. The van der Waals surface area contributed by atoms with E-state index in [2.05, 4.69) is 0 Å². The summed E-state index contributed by atoms with van der Waals surface area (Å²) in [5.74, 6) is -0.620. The fraction of sp³-hybridized carbons (Fsp3) is 0.111. The second kappa shape index (κ2) is 3.26. The van der Waals surface area contributed by atoms with Crippen molar-refractivity contribution in [3.05, 3.63) is 28.8 Å². The van der Waals surface area contributed by atoms with E-state index in [4.69, 9.17) is 11.5 Å². The molecule has 0 fully saturated rings. The van der Waals surface area contributed by atoms with E-state index >= 15 is 0 Å². The molecule has 0 bridgehead atoms. The number of hydrogen-bond acceptors (Lipinski definition) is 3. The van der Waals surface area contributed by atoms with Gasteiger partial charge in [0.2, 0.25) is 5.91 Å². The Bertz CT molecular complexity index is 372. The van der Waals surface area contributed by atoms with Crippen molar-refractivity contribution in [3.8, 4) is 0 Å². The first kappa shape index (κ1) is 9.25. The molecule has 0 aliphatic rings. The number of carbonyl (C=O) groups excluding carboxylic acids is 2. The zero-order chi connectivity index (χ0) is 10.0. The molecule has 13 heavy (non-hydrogen) atoms. The highest BCUT2D eigenvalue weighted by molar-refractivity contribution is 6.01. The summed E-state index contributed by atoms with van der Waals surface area (Å²) in [6.07, 6.45) is 0.565. The summed E-state index contributed by atoms with van der Waals surface area (Å²) < 4.78 is 0. The standard InChI is InChI=1S/C9H10N2O2/c1-5-2-7(9(11)13)6(4-12)3-8(5)10/h2-4H,10H2,1H3,(H2,11,13). The summed E-state index contributed by atoms with van der Waals surface area (Å²) in [6, 6.07) is 2.96. The highest BCUT2D eigenvalue weighted by atomic mass is 16.1. The lowest BCUT2D eigenvalue weighted by atomic mass is 10.0. The molecular formula is C9H10N2O2. The number of rotatable bonds is 2. The SMILES string of the molecule is Cc1cc(C(N)=O)c(C=O)cc1N. The number of nitrogen functional groups attached to an aromatic ring is 1. The molecule has 1 aromatic rings. The van der Waals surface area contributed by atoms with Crippen molar-refractivity contribution in [2.24, 2.45) is 5.73 Å². The largest absolute Gasteiger partial charge is 0.398 e. The third kappa shape index (κ3) is 1.66. The molecule has 0 saturated carbocycles. The maximum Gasteiger partial charge on any atom is 0.249 e. The number of aryl methyl sites for hydroxylation is 1. The molecule has 0 aliphatic heterocycles. The Kier molecular flexibility index (Phi) is 2.32. The van der Waals surface area contributed by atoms with Gasteiger partial charge < -0.3 is 11.5 Å². The predicted molar refractivity (Wildman–Crippen MR) is 49.5 cm³/mol. The maximum atomic E-state index is 10.9. The van der Waals surface area contributed by atoms with Gasteiger partial charge in [-0.25, -0.2) is 0 Å². The highest BCUT2D eigenvalue weighted by Gasteiger charge is 2.09. The van der Waals surface area contributed by atoms with E-state index in [1.54, 1.807) is 6.92 Å². The van der Waals surface area contributed by atoms with E-state index in [0.29, 0.717) is 12.0 Å². The zero-order valence-electron chi connectivity index (χ0n) is 7.20. The number of carbonyl (C=O) groups is 2. The van der Waals surface area contributed by atoms with Gasteiger partial charge in [0.1, 0.15) is 0 Å². The molecule has 0 radical (unpaired) electrons. The first-order valence-electron chi connectivity index (χ1n) is 3.71. The Hall–Kier alpha value is -1.84. The summed E-state index contributed by atoms with van der Waals surface area (Å²) in [5.41, 5.74) is 12.3. The lowest BCUT2D eigenvalue weighted by molar-refractivity contribution is 0.0993. The third-order valence-corrected chi connectivity index (χ3v) is 1.83. The molecule has 0 atom stereocenters. The highest BCUT2D eigenvalue weighted by Crippen LogP contribution is 2.16. The van der Waals surface area contributed by atoms with E-state index < -0.39 is 5.91 Å². The Morgan fingerprint density at radius 1 is 1.46 bits per heavy atom. The quantitative estimate of drug-likeness (QED) is 0.510.